The van der Waals surface area contributed by atoms with Crippen molar-refractivity contribution in [2.75, 3.05) is 0 Å². The normalized spacial score (nSPS) is 12.1. The van der Waals surface area contributed by atoms with Crippen molar-refractivity contribution in [3.8, 4) is 22.6 Å². The largest absolute Gasteiger partial charge is 0.507 e. The van der Waals surface area contributed by atoms with E-state index in [2.05, 4.69) is 0 Å². The summed E-state index contributed by atoms with van der Waals surface area (Å²) in [5.41, 5.74) is 0.577. The molecule has 0 aliphatic rings. The Kier molecular flexibility index (Phi) is 4.48. The zero-order valence-corrected chi connectivity index (χ0v) is 13.7. The molecule has 23 heavy (non-hydrogen) atoms. The number of aromatic hydroxyl groups is 2. The van der Waals surface area contributed by atoms with Crippen LogP contribution in [0.15, 0.2) is 30.3 Å². The molecule has 0 aromatic heterocycles. The minimum absolute atomic E-state index is 0.0425. The van der Waals surface area contributed by atoms with Gasteiger partial charge in [-0.05, 0) is 44.9 Å². The van der Waals surface area contributed by atoms with Gasteiger partial charge < -0.3 is 15.3 Å². The molecule has 2 aromatic carbocycles. The van der Waals surface area contributed by atoms with Gasteiger partial charge in [-0.15, -0.1) is 0 Å². The minimum atomic E-state index is -1.10. The van der Waals surface area contributed by atoms with Gasteiger partial charge in [0.15, 0.2) is 0 Å². The highest BCUT2D eigenvalue weighted by molar-refractivity contribution is 5.86. The summed E-state index contributed by atoms with van der Waals surface area (Å²) in [6, 6.07) is 6.06. The van der Waals surface area contributed by atoms with Crippen molar-refractivity contribution in [2.24, 2.45) is 0 Å². The predicted molar refractivity (Wildman–Crippen MR) is 90.0 cm³/mol. The zero-order valence-electron chi connectivity index (χ0n) is 13.7. The van der Waals surface area contributed by atoms with E-state index in [9.17, 15) is 19.7 Å². The molecule has 2 aromatic rings. The predicted octanol–water partition coefficient (Wildman–Crippen LogP) is 4.30. The highest BCUT2D eigenvalue weighted by atomic mass is 19.1. The van der Waals surface area contributed by atoms with E-state index in [-0.39, 0.29) is 28.2 Å². The number of aliphatic hydroxyl groups is 1. The van der Waals surface area contributed by atoms with Gasteiger partial charge in [-0.2, -0.15) is 0 Å². The van der Waals surface area contributed by atoms with Crippen molar-refractivity contribution in [2.45, 2.75) is 33.3 Å². The number of phenols is 2. The quantitative estimate of drug-likeness (QED) is 0.740. The van der Waals surface area contributed by atoms with Crippen LogP contribution in [0, 0.1) is 19.7 Å². The van der Waals surface area contributed by atoms with Crippen molar-refractivity contribution in [3.05, 3.63) is 52.8 Å². The van der Waals surface area contributed by atoms with Crippen molar-refractivity contribution in [1.82, 2.24) is 0 Å². The van der Waals surface area contributed by atoms with Crippen LogP contribution in [0.25, 0.3) is 17.2 Å². The van der Waals surface area contributed by atoms with Gasteiger partial charge in [0.2, 0.25) is 0 Å². The highest BCUT2D eigenvalue weighted by Gasteiger charge is 2.21. The Bertz CT molecular complexity index is 771. The second-order valence-electron chi connectivity index (χ2n) is 6.20. The molecule has 0 unspecified atom stereocenters. The summed E-state index contributed by atoms with van der Waals surface area (Å²) >= 11 is 0. The van der Waals surface area contributed by atoms with E-state index in [1.54, 1.807) is 45.9 Å². The van der Waals surface area contributed by atoms with Gasteiger partial charge in [0.1, 0.15) is 17.3 Å². The Morgan fingerprint density at radius 3 is 2.13 bits per heavy atom. The zero-order chi connectivity index (χ0) is 17.4. The second-order valence-corrected chi connectivity index (χ2v) is 6.20. The van der Waals surface area contributed by atoms with Crippen LogP contribution in [0.4, 0.5) is 4.39 Å². The lowest BCUT2D eigenvalue weighted by atomic mass is 9.90. The summed E-state index contributed by atoms with van der Waals surface area (Å²) in [6.45, 7) is 6.52. The summed E-state index contributed by atoms with van der Waals surface area (Å²) in [5.74, 6) is -0.622. The standard InChI is InChI=1S/C19H21FO3/c1-11-12(2)18(22)16(13-7-5-6-8-15(13)20)14(17(11)21)9-10-19(3,4)23/h5-10,21-23H,1-4H3. The van der Waals surface area contributed by atoms with Gasteiger partial charge in [0, 0.05) is 16.7 Å². The molecule has 0 saturated heterocycles. The molecule has 0 saturated carbocycles. The minimum Gasteiger partial charge on any atom is -0.507 e. The summed E-state index contributed by atoms with van der Waals surface area (Å²) < 4.78 is 14.2. The van der Waals surface area contributed by atoms with E-state index in [1.807, 2.05) is 0 Å². The number of hydrogen-bond acceptors (Lipinski definition) is 3. The first kappa shape index (κ1) is 17.0. The number of halogens is 1. The molecule has 0 bridgehead atoms. The van der Waals surface area contributed by atoms with Crippen molar-refractivity contribution in [1.29, 1.82) is 0 Å². The molecule has 3 nitrogen and oxygen atoms in total. The average molecular weight is 316 g/mol. The van der Waals surface area contributed by atoms with Crippen molar-refractivity contribution in [3.63, 3.8) is 0 Å². The van der Waals surface area contributed by atoms with Crippen LogP contribution in [0.3, 0.4) is 0 Å². The maximum absolute atomic E-state index is 14.2. The third-order valence-corrected chi connectivity index (χ3v) is 3.84. The van der Waals surface area contributed by atoms with Crippen LogP contribution >= 0.6 is 0 Å². The second kappa shape index (κ2) is 6.05. The highest BCUT2D eigenvalue weighted by Crippen LogP contribution is 2.44. The van der Waals surface area contributed by atoms with Gasteiger partial charge in [-0.1, -0.05) is 30.4 Å². The van der Waals surface area contributed by atoms with Crippen molar-refractivity contribution < 1.29 is 19.7 Å². The number of phenolic OH excluding ortho intramolecular Hbond substituents is 2. The lowest BCUT2D eigenvalue weighted by Crippen LogP contribution is -2.13. The van der Waals surface area contributed by atoms with E-state index in [1.165, 1.54) is 18.2 Å². The molecule has 0 aliphatic heterocycles. The lowest BCUT2D eigenvalue weighted by molar-refractivity contribution is 0.134. The van der Waals surface area contributed by atoms with E-state index in [0.29, 0.717) is 11.1 Å². The fraction of sp³-hybridized carbons (Fsp3) is 0.263. The smallest absolute Gasteiger partial charge is 0.131 e. The van der Waals surface area contributed by atoms with Gasteiger partial charge >= 0.3 is 0 Å². The number of benzene rings is 2. The maximum atomic E-state index is 14.2. The first-order valence-corrected chi connectivity index (χ1v) is 7.35. The van der Waals surface area contributed by atoms with Crippen LogP contribution in [-0.4, -0.2) is 20.9 Å². The fourth-order valence-electron chi connectivity index (χ4n) is 2.38. The van der Waals surface area contributed by atoms with E-state index < -0.39 is 11.4 Å². The fourth-order valence-corrected chi connectivity index (χ4v) is 2.38. The molecule has 0 spiro atoms. The van der Waals surface area contributed by atoms with Crippen LogP contribution in [0.1, 0.15) is 30.5 Å². The third kappa shape index (κ3) is 3.37. The van der Waals surface area contributed by atoms with Gasteiger partial charge in [-0.3, -0.25) is 0 Å². The SMILES string of the molecule is Cc1c(C)c(O)c(-c2ccccc2F)c(C=CC(C)(C)O)c1O. The molecule has 0 fully saturated rings. The summed E-state index contributed by atoms with van der Waals surface area (Å²) in [4.78, 5) is 0. The molecule has 0 amide bonds. The molecule has 122 valence electrons. The Hall–Kier alpha value is -2.33. The Labute approximate surface area is 135 Å². The average Bonchev–Trinajstić information content (AvgIpc) is 2.47. The molecule has 0 atom stereocenters. The van der Waals surface area contributed by atoms with Crippen LogP contribution in [0.5, 0.6) is 11.5 Å². The Balaban J connectivity index is 2.84. The van der Waals surface area contributed by atoms with E-state index in [4.69, 9.17) is 0 Å². The van der Waals surface area contributed by atoms with Crippen LogP contribution in [0.2, 0.25) is 0 Å². The Morgan fingerprint density at radius 2 is 1.57 bits per heavy atom. The first-order valence-electron chi connectivity index (χ1n) is 7.35. The summed E-state index contributed by atoms with van der Waals surface area (Å²) in [7, 11) is 0. The molecule has 0 aliphatic carbocycles. The molecular formula is C19H21FO3. The van der Waals surface area contributed by atoms with Gasteiger partial charge in [0.05, 0.1) is 5.60 Å². The van der Waals surface area contributed by atoms with Crippen molar-refractivity contribution >= 4 is 6.08 Å². The van der Waals surface area contributed by atoms with E-state index in [0.717, 1.165) is 0 Å². The topological polar surface area (TPSA) is 60.7 Å². The molecule has 4 heteroatoms. The summed E-state index contributed by atoms with van der Waals surface area (Å²) in [5, 5.41) is 30.9. The third-order valence-electron chi connectivity index (χ3n) is 3.84. The lowest BCUT2D eigenvalue weighted by Gasteiger charge is -2.18. The monoisotopic (exact) mass is 316 g/mol. The molecule has 3 N–H and O–H groups in total. The first-order chi connectivity index (χ1) is 10.6. The number of hydrogen-bond donors (Lipinski definition) is 3. The Morgan fingerprint density at radius 1 is 1.00 bits per heavy atom. The summed E-state index contributed by atoms with van der Waals surface area (Å²) in [6.07, 6.45) is 2.99. The van der Waals surface area contributed by atoms with Crippen LogP contribution in [-0.2, 0) is 0 Å². The van der Waals surface area contributed by atoms with E-state index >= 15 is 0 Å². The van der Waals surface area contributed by atoms with Gasteiger partial charge in [0.25, 0.3) is 0 Å². The maximum Gasteiger partial charge on any atom is 0.131 e. The van der Waals surface area contributed by atoms with Crippen LogP contribution < -0.4 is 0 Å². The molecular weight excluding hydrogens is 295 g/mol. The van der Waals surface area contributed by atoms with Gasteiger partial charge in [-0.25, -0.2) is 4.39 Å². The molecule has 2 rings (SSSR count). The molecule has 0 heterocycles. The number of rotatable bonds is 3. The molecule has 0 radical (unpaired) electrons.